The topological polar surface area (TPSA) is 66.6 Å². The molecule has 0 spiro atoms. The fourth-order valence-electron chi connectivity index (χ4n) is 3.64. The van der Waals surface area contributed by atoms with Gasteiger partial charge in [0.15, 0.2) is 0 Å². The number of carboxylic acids is 1. The van der Waals surface area contributed by atoms with Crippen molar-refractivity contribution in [3.8, 4) is 22.4 Å². The normalized spacial score (nSPS) is 11.0. The van der Waals surface area contributed by atoms with Crippen LogP contribution in [0.1, 0.15) is 5.56 Å². The van der Waals surface area contributed by atoms with Crippen molar-refractivity contribution in [2.24, 2.45) is 0 Å². The minimum absolute atomic E-state index is 0.733. The number of benzene rings is 3. The van der Waals surface area contributed by atoms with Gasteiger partial charge >= 0.3 is 12.1 Å². The highest BCUT2D eigenvalue weighted by Crippen LogP contribution is 2.31. The molecule has 0 aliphatic heterocycles. The van der Waals surface area contributed by atoms with Gasteiger partial charge in [-0.05, 0) is 41.0 Å². The standard InChI is InChI=1S/C26H20ClN3.C2HF3O2/c27-23-10-6-9-22(17-23)20-12-14-21(15-13-20)25-26(28-18-19-7-2-1-3-8-19)30-16-5-4-11-24(30)29-25;3-2(4,5)1(6)7/h1-17,28H,18H2;(H,6,7). The Balaban J connectivity index is 0.000000405. The molecule has 2 heterocycles. The molecule has 0 radical (unpaired) electrons. The summed E-state index contributed by atoms with van der Waals surface area (Å²) in [6, 6.07) is 32.8. The molecule has 0 saturated heterocycles. The van der Waals surface area contributed by atoms with Gasteiger partial charge in [0, 0.05) is 23.3 Å². The van der Waals surface area contributed by atoms with Crippen LogP contribution in [0.3, 0.4) is 0 Å². The zero-order valence-electron chi connectivity index (χ0n) is 19.3. The van der Waals surface area contributed by atoms with Crippen LogP contribution in [-0.4, -0.2) is 26.6 Å². The van der Waals surface area contributed by atoms with E-state index >= 15 is 0 Å². The number of aliphatic carboxylic acids is 1. The van der Waals surface area contributed by atoms with E-state index in [2.05, 4.69) is 64.3 Å². The Labute approximate surface area is 215 Å². The predicted molar refractivity (Wildman–Crippen MR) is 139 cm³/mol. The smallest absolute Gasteiger partial charge is 0.475 e. The zero-order valence-corrected chi connectivity index (χ0v) is 20.0. The molecule has 0 atom stereocenters. The van der Waals surface area contributed by atoms with E-state index in [1.807, 2.05) is 48.7 Å². The molecule has 5 aromatic rings. The molecule has 5 rings (SSSR count). The summed E-state index contributed by atoms with van der Waals surface area (Å²) < 4.78 is 33.8. The average Bonchev–Trinajstić information content (AvgIpc) is 3.26. The van der Waals surface area contributed by atoms with Crippen molar-refractivity contribution in [1.29, 1.82) is 0 Å². The van der Waals surface area contributed by atoms with Crippen molar-refractivity contribution in [2.75, 3.05) is 5.32 Å². The fraction of sp³-hybridized carbons (Fsp3) is 0.0714. The lowest BCUT2D eigenvalue weighted by Crippen LogP contribution is -2.21. The van der Waals surface area contributed by atoms with E-state index in [1.54, 1.807) is 0 Å². The van der Waals surface area contributed by atoms with Crippen molar-refractivity contribution in [1.82, 2.24) is 9.38 Å². The number of hydrogen-bond donors (Lipinski definition) is 2. The molecule has 0 aliphatic carbocycles. The van der Waals surface area contributed by atoms with Gasteiger partial charge in [0.2, 0.25) is 0 Å². The number of nitrogens with zero attached hydrogens (tertiary/aromatic N) is 2. The first kappa shape index (κ1) is 25.8. The summed E-state index contributed by atoms with van der Waals surface area (Å²) in [6.45, 7) is 0.733. The third-order valence-electron chi connectivity index (χ3n) is 5.39. The molecular formula is C28H21ClF3N3O2. The van der Waals surface area contributed by atoms with Crippen LogP contribution in [0.25, 0.3) is 28.0 Å². The number of carbonyl (C=O) groups is 1. The van der Waals surface area contributed by atoms with E-state index in [4.69, 9.17) is 26.5 Å². The molecule has 2 aromatic heterocycles. The Morgan fingerprint density at radius 2 is 1.51 bits per heavy atom. The SMILES string of the molecule is Clc1cccc(-c2ccc(-c3nc4ccccn4c3NCc3ccccc3)cc2)c1.O=C(O)C(F)(F)F. The van der Waals surface area contributed by atoms with E-state index in [1.165, 1.54) is 5.56 Å². The Bertz CT molecular complexity index is 1500. The van der Waals surface area contributed by atoms with Gasteiger partial charge in [0.05, 0.1) is 0 Å². The molecule has 0 bridgehead atoms. The van der Waals surface area contributed by atoms with E-state index in [0.717, 1.165) is 45.4 Å². The number of fused-ring (bicyclic) bond motifs is 1. The maximum Gasteiger partial charge on any atom is 0.490 e. The number of aromatic nitrogens is 2. The molecule has 0 unspecified atom stereocenters. The van der Waals surface area contributed by atoms with Crippen molar-refractivity contribution in [3.63, 3.8) is 0 Å². The average molecular weight is 524 g/mol. The first-order valence-electron chi connectivity index (χ1n) is 11.1. The van der Waals surface area contributed by atoms with E-state index in [-0.39, 0.29) is 0 Å². The van der Waals surface area contributed by atoms with Crippen molar-refractivity contribution >= 4 is 29.0 Å². The monoisotopic (exact) mass is 523 g/mol. The summed E-state index contributed by atoms with van der Waals surface area (Å²) in [5, 5.41) is 11.5. The number of carboxylic acid groups (broad SMARTS) is 1. The molecule has 0 amide bonds. The van der Waals surface area contributed by atoms with Crippen molar-refractivity contribution < 1.29 is 23.1 Å². The quantitative estimate of drug-likeness (QED) is 0.249. The van der Waals surface area contributed by atoms with Crippen LogP contribution in [-0.2, 0) is 11.3 Å². The number of pyridine rings is 1. The van der Waals surface area contributed by atoms with E-state index in [0.29, 0.717) is 0 Å². The van der Waals surface area contributed by atoms with Crippen LogP contribution in [0.5, 0.6) is 0 Å². The molecule has 0 saturated carbocycles. The van der Waals surface area contributed by atoms with Gasteiger partial charge in [-0.2, -0.15) is 13.2 Å². The van der Waals surface area contributed by atoms with Crippen molar-refractivity contribution in [2.45, 2.75) is 12.7 Å². The summed E-state index contributed by atoms with van der Waals surface area (Å²) in [5.74, 6) is -1.77. The molecule has 188 valence electrons. The van der Waals surface area contributed by atoms with E-state index < -0.39 is 12.1 Å². The minimum atomic E-state index is -5.08. The molecule has 0 aliphatic rings. The summed E-state index contributed by atoms with van der Waals surface area (Å²) in [4.78, 5) is 13.8. The molecule has 5 nitrogen and oxygen atoms in total. The number of anilines is 1. The largest absolute Gasteiger partial charge is 0.490 e. The maximum absolute atomic E-state index is 10.6. The number of alkyl halides is 3. The first-order chi connectivity index (χ1) is 17.7. The second kappa shape index (κ2) is 11.2. The van der Waals surface area contributed by atoms with Gasteiger partial charge < -0.3 is 10.4 Å². The maximum atomic E-state index is 10.6. The second-order valence-corrected chi connectivity index (χ2v) is 8.40. The lowest BCUT2D eigenvalue weighted by molar-refractivity contribution is -0.192. The summed E-state index contributed by atoms with van der Waals surface area (Å²) in [5.41, 5.74) is 6.39. The van der Waals surface area contributed by atoms with Gasteiger partial charge in [-0.15, -0.1) is 0 Å². The molecule has 3 aromatic carbocycles. The number of nitrogens with one attached hydrogen (secondary N) is 1. The first-order valence-corrected chi connectivity index (χ1v) is 11.5. The van der Waals surface area contributed by atoms with Gasteiger partial charge in [-0.25, -0.2) is 9.78 Å². The van der Waals surface area contributed by atoms with Gasteiger partial charge in [0.1, 0.15) is 17.2 Å². The van der Waals surface area contributed by atoms with Crippen LogP contribution in [0.2, 0.25) is 5.02 Å². The van der Waals surface area contributed by atoms with Crippen molar-refractivity contribution in [3.05, 3.63) is 114 Å². The molecular weight excluding hydrogens is 503 g/mol. The third-order valence-corrected chi connectivity index (χ3v) is 5.63. The van der Waals surface area contributed by atoms with E-state index in [9.17, 15) is 13.2 Å². The highest BCUT2D eigenvalue weighted by atomic mass is 35.5. The molecule has 37 heavy (non-hydrogen) atoms. The van der Waals surface area contributed by atoms with Gasteiger partial charge in [0.25, 0.3) is 0 Å². The lowest BCUT2D eigenvalue weighted by atomic mass is 10.0. The third kappa shape index (κ3) is 6.48. The fourth-order valence-corrected chi connectivity index (χ4v) is 3.83. The Kier molecular flexibility index (Phi) is 7.79. The molecule has 9 heteroatoms. The number of hydrogen-bond acceptors (Lipinski definition) is 3. The van der Waals surface area contributed by atoms with Crippen LogP contribution in [0.4, 0.5) is 19.0 Å². The number of imidazole rings is 1. The summed E-state index contributed by atoms with van der Waals surface area (Å²) in [6.07, 6.45) is -3.04. The highest BCUT2D eigenvalue weighted by Gasteiger charge is 2.38. The zero-order chi connectivity index (χ0) is 26.4. The molecule has 0 fully saturated rings. The Morgan fingerprint density at radius 1 is 0.865 bits per heavy atom. The van der Waals surface area contributed by atoms with Crippen LogP contribution >= 0.6 is 11.6 Å². The second-order valence-electron chi connectivity index (χ2n) is 7.97. The lowest BCUT2D eigenvalue weighted by Gasteiger charge is -2.10. The number of halogens is 4. The minimum Gasteiger partial charge on any atom is -0.475 e. The van der Waals surface area contributed by atoms with Gasteiger partial charge in [-0.3, -0.25) is 4.40 Å². The summed E-state index contributed by atoms with van der Waals surface area (Å²) in [7, 11) is 0. The predicted octanol–water partition coefficient (Wildman–Crippen LogP) is 7.57. The van der Waals surface area contributed by atoms with Crippen LogP contribution in [0.15, 0.2) is 103 Å². The van der Waals surface area contributed by atoms with Gasteiger partial charge in [-0.1, -0.05) is 84.4 Å². The number of rotatable bonds is 5. The van der Waals surface area contributed by atoms with Crippen LogP contribution in [0, 0.1) is 0 Å². The Morgan fingerprint density at radius 3 is 2.16 bits per heavy atom. The highest BCUT2D eigenvalue weighted by molar-refractivity contribution is 6.30. The summed E-state index contributed by atoms with van der Waals surface area (Å²) >= 11 is 6.15. The Hall–Kier alpha value is -4.30. The molecule has 2 N–H and O–H groups in total. The van der Waals surface area contributed by atoms with Crippen LogP contribution < -0.4 is 5.32 Å².